The van der Waals surface area contributed by atoms with Gasteiger partial charge in [0.25, 0.3) is 0 Å². The van der Waals surface area contributed by atoms with Gasteiger partial charge in [0, 0.05) is 32.0 Å². The number of fused-ring (bicyclic) bond motifs is 1. The van der Waals surface area contributed by atoms with Crippen molar-refractivity contribution in [2.75, 3.05) is 38.2 Å². The van der Waals surface area contributed by atoms with Crippen molar-refractivity contribution in [1.82, 2.24) is 29.7 Å². The number of anilines is 1. The molecule has 26 heavy (non-hydrogen) atoms. The highest BCUT2D eigenvalue weighted by Crippen LogP contribution is 2.25. The van der Waals surface area contributed by atoms with Gasteiger partial charge in [-0.3, -0.25) is 9.88 Å². The summed E-state index contributed by atoms with van der Waals surface area (Å²) in [5.74, 6) is 0. The van der Waals surface area contributed by atoms with Crippen LogP contribution in [0.25, 0.3) is 5.65 Å². The van der Waals surface area contributed by atoms with Crippen molar-refractivity contribution in [3.8, 4) is 0 Å². The fraction of sp³-hybridized carbons (Fsp3) is 0.444. The van der Waals surface area contributed by atoms with Crippen LogP contribution in [0.1, 0.15) is 22.9 Å². The summed E-state index contributed by atoms with van der Waals surface area (Å²) in [5, 5.41) is 16.3. The number of aromatic nitrogens is 5. The first-order chi connectivity index (χ1) is 12.7. The molecule has 0 radical (unpaired) electrons. The predicted octanol–water partition coefficient (Wildman–Crippen LogP) is 1.62. The van der Waals surface area contributed by atoms with E-state index in [4.69, 9.17) is 4.74 Å². The quantitative estimate of drug-likeness (QED) is 0.746. The first-order valence-electron chi connectivity index (χ1n) is 8.87. The summed E-state index contributed by atoms with van der Waals surface area (Å²) in [4.78, 5) is 6.75. The predicted molar refractivity (Wildman–Crippen MR) is 98.1 cm³/mol. The third kappa shape index (κ3) is 3.25. The zero-order chi connectivity index (χ0) is 17.9. The molecule has 1 saturated heterocycles. The van der Waals surface area contributed by atoms with E-state index in [1.807, 2.05) is 25.4 Å². The number of morpholine rings is 1. The monoisotopic (exact) mass is 353 g/mol. The lowest BCUT2D eigenvalue weighted by Gasteiger charge is -2.35. The SMILES string of the molecule is Cc1nn2cnnc2c(NCC(c2cccnc2)N2CCOCC2)c1C. The largest absolute Gasteiger partial charge is 0.380 e. The van der Waals surface area contributed by atoms with Gasteiger partial charge in [-0.1, -0.05) is 6.07 Å². The number of ether oxygens (including phenoxy) is 1. The van der Waals surface area contributed by atoms with Crippen LogP contribution < -0.4 is 5.32 Å². The van der Waals surface area contributed by atoms with E-state index in [2.05, 4.69) is 43.5 Å². The molecule has 0 bridgehead atoms. The van der Waals surface area contributed by atoms with E-state index in [1.165, 1.54) is 5.56 Å². The third-order valence-electron chi connectivity index (χ3n) is 4.96. The molecule has 8 nitrogen and oxygen atoms in total. The van der Waals surface area contributed by atoms with Crippen LogP contribution in [-0.2, 0) is 4.74 Å². The Morgan fingerprint density at radius 2 is 2.12 bits per heavy atom. The van der Waals surface area contributed by atoms with Crippen molar-refractivity contribution in [2.45, 2.75) is 19.9 Å². The number of nitrogens with zero attached hydrogens (tertiary/aromatic N) is 6. The van der Waals surface area contributed by atoms with E-state index >= 15 is 0 Å². The van der Waals surface area contributed by atoms with Crippen LogP contribution in [-0.4, -0.2) is 62.5 Å². The lowest BCUT2D eigenvalue weighted by Crippen LogP contribution is -2.41. The lowest BCUT2D eigenvalue weighted by molar-refractivity contribution is 0.0186. The molecule has 3 aromatic heterocycles. The molecular weight excluding hydrogens is 330 g/mol. The van der Waals surface area contributed by atoms with Gasteiger partial charge in [-0.05, 0) is 31.0 Å². The van der Waals surface area contributed by atoms with Crippen molar-refractivity contribution in [3.63, 3.8) is 0 Å². The van der Waals surface area contributed by atoms with E-state index in [-0.39, 0.29) is 6.04 Å². The van der Waals surface area contributed by atoms with Gasteiger partial charge in [0.15, 0.2) is 0 Å². The Kier molecular flexibility index (Phi) is 4.77. The zero-order valence-electron chi connectivity index (χ0n) is 15.1. The fourth-order valence-corrected chi connectivity index (χ4v) is 3.38. The van der Waals surface area contributed by atoms with Crippen molar-refractivity contribution in [3.05, 3.63) is 47.7 Å². The van der Waals surface area contributed by atoms with E-state index in [0.717, 1.165) is 55.4 Å². The number of hydrogen-bond acceptors (Lipinski definition) is 7. The minimum absolute atomic E-state index is 0.212. The Morgan fingerprint density at radius 3 is 2.88 bits per heavy atom. The molecule has 136 valence electrons. The number of pyridine rings is 1. The number of hydrogen-bond donors (Lipinski definition) is 1. The van der Waals surface area contributed by atoms with E-state index in [9.17, 15) is 0 Å². The van der Waals surface area contributed by atoms with Gasteiger partial charge in [0.2, 0.25) is 5.65 Å². The number of aryl methyl sites for hydroxylation is 1. The van der Waals surface area contributed by atoms with Gasteiger partial charge in [0.05, 0.1) is 30.6 Å². The van der Waals surface area contributed by atoms with Crippen LogP contribution in [0.4, 0.5) is 5.69 Å². The second kappa shape index (κ2) is 7.35. The molecule has 1 atom stereocenters. The van der Waals surface area contributed by atoms with Crippen molar-refractivity contribution in [1.29, 1.82) is 0 Å². The number of nitrogens with one attached hydrogen (secondary N) is 1. The maximum atomic E-state index is 5.52. The minimum Gasteiger partial charge on any atom is -0.380 e. The summed E-state index contributed by atoms with van der Waals surface area (Å²) in [6.45, 7) is 8.16. The molecule has 4 rings (SSSR count). The molecule has 1 aliphatic rings. The maximum absolute atomic E-state index is 5.52. The lowest BCUT2D eigenvalue weighted by atomic mass is 10.1. The zero-order valence-corrected chi connectivity index (χ0v) is 15.1. The van der Waals surface area contributed by atoms with Gasteiger partial charge in [-0.2, -0.15) is 9.61 Å². The molecule has 8 heteroatoms. The Labute approximate surface area is 152 Å². The van der Waals surface area contributed by atoms with Gasteiger partial charge in [-0.15, -0.1) is 10.2 Å². The summed E-state index contributed by atoms with van der Waals surface area (Å²) in [6.07, 6.45) is 5.38. The summed E-state index contributed by atoms with van der Waals surface area (Å²) >= 11 is 0. The Bertz CT molecular complexity index is 874. The molecule has 0 aliphatic carbocycles. The summed E-state index contributed by atoms with van der Waals surface area (Å²) in [7, 11) is 0. The normalized spacial score (nSPS) is 16.7. The Balaban J connectivity index is 1.63. The van der Waals surface area contributed by atoms with Gasteiger partial charge in [0.1, 0.15) is 6.33 Å². The highest BCUT2D eigenvalue weighted by Gasteiger charge is 2.23. The fourth-order valence-electron chi connectivity index (χ4n) is 3.38. The molecule has 0 spiro atoms. The third-order valence-corrected chi connectivity index (χ3v) is 4.96. The molecule has 4 heterocycles. The van der Waals surface area contributed by atoms with Gasteiger partial charge >= 0.3 is 0 Å². The van der Waals surface area contributed by atoms with E-state index < -0.39 is 0 Å². The highest BCUT2D eigenvalue weighted by molar-refractivity contribution is 5.71. The van der Waals surface area contributed by atoms with Crippen molar-refractivity contribution < 1.29 is 4.74 Å². The average molecular weight is 353 g/mol. The molecular formula is C18H23N7O. The van der Waals surface area contributed by atoms with Crippen LogP contribution in [0.5, 0.6) is 0 Å². The standard InChI is InChI=1S/C18H23N7O/c1-13-14(2)23-25-12-21-22-18(25)17(13)20-11-16(15-4-3-5-19-10-15)24-6-8-26-9-7-24/h3-5,10,12,16,20H,6-9,11H2,1-2H3. The summed E-state index contributed by atoms with van der Waals surface area (Å²) in [6, 6.07) is 4.33. The van der Waals surface area contributed by atoms with Crippen LogP contribution in [0.3, 0.4) is 0 Å². The molecule has 3 aromatic rings. The summed E-state index contributed by atoms with van der Waals surface area (Å²) in [5.41, 5.74) is 4.99. The van der Waals surface area contributed by atoms with Crippen LogP contribution in [0, 0.1) is 13.8 Å². The Hall–Kier alpha value is -2.58. The molecule has 0 saturated carbocycles. The van der Waals surface area contributed by atoms with Crippen LogP contribution >= 0.6 is 0 Å². The minimum atomic E-state index is 0.212. The first kappa shape index (κ1) is 16.9. The second-order valence-corrected chi connectivity index (χ2v) is 6.52. The van der Waals surface area contributed by atoms with Gasteiger partial charge in [-0.25, -0.2) is 0 Å². The summed E-state index contributed by atoms with van der Waals surface area (Å²) < 4.78 is 7.24. The second-order valence-electron chi connectivity index (χ2n) is 6.52. The van der Waals surface area contributed by atoms with Crippen molar-refractivity contribution >= 4 is 11.3 Å². The Morgan fingerprint density at radius 1 is 1.27 bits per heavy atom. The van der Waals surface area contributed by atoms with Gasteiger partial charge < -0.3 is 10.1 Å². The first-order valence-corrected chi connectivity index (χ1v) is 8.87. The highest BCUT2D eigenvalue weighted by atomic mass is 16.5. The molecule has 0 aromatic carbocycles. The smallest absolute Gasteiger partial charge is 0.200 e. The molecule has 1 unspecified atom stereocenters. The van der Waals surface area contributed by atoms with E-state index in [0.29, 0.717) is 0 Å². The topological polar surface area (TPSA) is 80.5 Å². The van der Waals surface area contributed by atoms with Crippen LogP contribution in [0.2, 0.25) is 0 Å². The average Bonchev–Trinajstić information content (AvgIpc) is 3.14. The van der Waals surface area contributed by atoms with E-state index in [1.54, 1.807) is 10.8 Å². The molecule has 0 amide bonds. The van der Waals surface area contributed by atoms with Crippen molar-refractivity contribution in [2.24, 2.45) is 0 Å². The maximum Gasteiger partial charge on any atom is 0.200 e. The molecule has 1 fully saturated rings. The van der Waals surface area contributed by atoms with Crippen LogP contribution in [0.15, 0.2) is 30.9 Å². The number of rotatable bonds is 5. The molecule has 1 N–H and O–H groups in total. The molecule has 1 aliphatic heterocycles.